The molecule has 2 N–H and O–H groups in total. The fourth-order valence-electron chi connectivity index (χ4n) is 2.61. The maximum atomic E-state index is 13.4. The zero-order valence-corrected chi connectivity index (χ0v) is 12.5. The minimum atomic E-state index is -0.847. The van der Waals surface area contributed by atoms with Crippen molar-refractivity contribution in [1.29, 1.82) is 0 Å². The van der Waals surface area contributed by atoms with Crippen LogP contribution in [0.1, 0.15) is 22.7 Å². The number of rotatable bonds is 4. The molecule has 112 valence electrons. The van der Waals surface area contributed by atoms with Gasteiger partial charge in [-0.1, -0.05) is 23.8 Å². The lowest BCUT2D eigenvalue weighted by Gasteiger charge is -2.31. The molecule has 2 rings (SSSR count). The number of likely N-dealkylation sites (N-methyl/N-ethyl adjacent to an activating group) is 1. The molecule has 0 amide bonds. The number of aryl methyl sites for hydroxylation is 2. The SMILES string of the molecule is Cc1ccc(N(C)C(CN)c2ccc(F)c(F)c2)c(C)c1. The average Bonchev–Trinajstić information content (AvgIpc) is 2.43. The second kappa shape index (κ2) is 6.22. The first-order valence-electron chi connectivity index (χ1n) is 6.89. The molecule has 4 heteroatoms. The molecule has 0 saturated heterocycles. The molecular formula is C17H20F2N2. The van der Waals surface area contributed by atoms with Crippen molar-refractivity contribution >= 4 is 5.69 Å². The van der Waals surface area contributed by atoms with E-state index in [9.17, 15) is 8.78 Å². The first kappa shape index (κ1) is 15.4. The lowest BCUT2D eigenvalue weighted by molar-refractivity contribution is 0.504. The molecular weight excluding hydrogens is 270 g/mol. The number of hydrogen-bond acceptors (Lipinski definition) is 2. The Kier molecular flexibility index (Phi) is 4.58. The fraction of sp³-hybridized carbons (Fsp3) is 0.294. The van der Waals surface area contributed by atoms with Crippen LogP contribution in [0.15, 0.2) is 36.4 Å². The highest BCUT2D eigenvalue weighted by molar-refractivity contribution is 5.55. The number of nitrogens with two attached hydrogens (primary N) is 1. The molecule has 21 heavy (non-hydrogen) atoms. The number of nitrogens with zero attached hydrogens (tertiary/aromatic N) is 1. The van der Waals surface area contributed by atoms with Gasteiger partial charge in [0.15, 0.2) is 11.6 Å². The van der Waals surface area contributed by atoms with Gasteiger partial charge in [0.1, 0.15) is 0 Å². The van der Waals surface area contributed by atoms with Gasteiger partial charge in [-0.25, -0.2) is 8.78 Å². The molecule has 0 aliphatic carbocycles. The second-order valence-corrected chi connectivity index (χ2v) is 5.33. The molecule has 2 aromatic carbocycles. The highest BCUT2D eigenvalue weighted by Gasteiger charge is 2.19. The minimum absolute atomic E-state index is 0.207. The Morgan fingerprint density at radius 1 is 1.05 bits per heavy atom. The van der Waals surface area contributed by atoms with Gasteiger partial charge in [-0.05, 0) is 43.2 Å². The van der Waals surface area contributed by atoms with E-state index >= 15 is 0 Å². The van der Waals surface area contributed by atoms with Gasteiger partial charge in [-0.3, -0.25) is 0 Å². The van der Waals surface area contributed by atoms with Crippen molar-refractivity contribution in [3.63, 3.8) is 0 Å². The molecule has 1 atom stereocenters. The van der Waals surface area contributed by atoms with E-state index in [0.29, 0.717) is 12.1 Å². The van der Waals surface area contributed by atoms with Crippen molar-refractivity contribution in [1.82, 2.24) is 0 Å². The van der Waals surface area contributed by atoms with Crippen molar-refractivity contribution in [3.05, 3.63) is 64.7 Å². The number of anilines is 1. The van der Waals surface area contributed by atoms with E-state index < -0.39 is 11.6 Å². The molecule has 2 nitrogen and oxygen atoms in total. The number of benzene rings is 2. The highest BCUT2D eigenvalue weighted by Crippen LogP contribution is 2.28. The van der Waals surface area contributed by atoms with Crippen molar-refractivity contribution < 1.29 is 8.78 Å². The standard InChI is InChI=1S/C17H20F2N2/c1-11-4-7-16(12(2)8-11)21(3)17(10-20)13-5-6-14(18)15(19)9-13/h4-9,17H,10,20H2,1-3H3. The summed E-state index contributed by atoms with van der Waals surface area (Å²) in [6.07, 6.45) is 0. The summed E-state index contributed by atoms with van der Waals surface area (Å²) < 4.78 is 26.5. The second-order valence-electron chi connectivity index (χ2n) is 5.33. The topological polar surface area (TPSA) is 29.3 Å². The number of halogens is 2. The van der Waals surface area contributed by atoms with Gasteiger partial charge in [-0.15, -0.1) is 0 Å². The monoisotopic (exact) mass is 290 g/mol. The third-order valence-corrected chi connectivity index (χ3v) is 3.75. The van der Waals surface area contributed by atoms with Crippen LogP contribution in [-0.4, -0.2) is 13.6 Å². The zero-order chi connectivity index (χ0) is 15.6. The summed E-state index contributed by atoms with van der Waals surface area (Å²) in [4.78, 5) is 2.00. The van der Waals surface area contributed by atoms with E-state index in [-0.39, 0.29) is 6.04 Å². The molecule has 0 aromatic heterocycles. The smallest absolute Gasteiger partial charge is 0.159 e. The largest absolute Gasteiger partial charge is 0.366 e. The predicted molar refractivity (Wildman–Crippen MR) is 82.5 cm³/mol. The Morgan fingerprint density at radius 3 is 2.33 bits per heavy atom. The molecule has 0 radical (unpaired) electrons. The summed E-state index contributed by atoms with van der Waals surface area (Å²) in [6.45, 7) is 4.37. The Balaban J connectivity index is 2.37. The van der Waals surface area contributed by atoms with E-state index in [0.717, 1.165) is 17.3 Å². The highest BCUT2D eigenvalue weighted by atomic mass is 19.2. The molecule has 1 unspecified atom stereocenters. The van der Waals surface area contributed by atoms with E-state index in [1.54, 1.807) is 6.07 Å². The summed E-state index contributed by atoms with van der Waals surface area (Å²) in [5.74, 6) is -1.69. The van der Waals surface area contributed by atoms with Gasteiger partial charge in [0.25, 0.3) is 0 Å². The lowest BCUT2D eigenvalue weighted by atomic mass is 10.0. The van der Waals surface area contributed by atoms with Gasteiger partial charge < -0.3 is 10.6 Å². The van der Waals surface area contributed by atoms with Crippen LogP contribution in [-0.2, 0) is 0 Å². The van der Waals surface area contributed by atoms with Gasteiger partial charge in [0, 0.05) is 19.3 Å². The molecule has 0 heterocycles. The molecule has 2 aromatic rings. The first-order valence-corrected chi connectivity index (χ1v) is 6.89. The number of hydrogen-bond donors (Lipinski definition) is 1. The van der Waals surface area contributed by atoms with Crippen molar-refractivity contribution in [2.45, 2.75) is 19.9 Å². The van der Waals surface area contributed by atoms with Gasteiger partial charge in [0.2, 0.25) is 0 Å². The summed E-state index contributed by atoms with van der Waals surface area (Å²) in [5.41, 5.74) is 9.85. The van der Waals surface area contributed by atoms with Crippen LogP contribution in [0.3, 0.4) is 0 Å². The summed E-state index contributed by atoms with van der Waals surface area (Å²) in [6, 6.07) is 9.86. The van der Waals surface area contributed by atoms with Crippen molar-refractivity contribution in [3.8, 4) is 0 Å². The average molecular weight is 290 g/mol. The van der Waals surface area contributed by atoms with Gasteiger partial charge in [0.05, 0.1) is 6.04 Å². The van der Waals surface area contributed by atoms with E-state index in [4.69, 9.17) is 5.73 Å². The predicted octanol–water partition coefficient (Wildman–Crippen LogP) is 3.72. The van der Waals surface area contributed by atoms with Crippen LogP contribution in [0.4, 0.5) is 14.5 Å². The van der Waals surface area contributed by atoms with Crippen LogP contribution in [0, 0.1) is 25.5 Å². The molecule has 0 spiro atoms. The van der Waals surface area contributed by atoms with E-state index in [2.05, 4.69) is 6.07 Å². The molecule has 0 fully saturated rings. The van der Waals surface area contributed by atoms with Crippen LogP contribution >= 0.6 is 0 Å². The Labute approximate surface area is 124 Å². The van der Waals surface area contributed by atoms with Crippen LogP contribution in [0.25, 0.3) is 0 Å². The van der Waals surface area contributed by atoms with Crippen LogP contribution in [0.2, 0.25) is 0 Å². The third-order valence-electron chi connectivity index (χ3n) is 3.75. The lowest BCUT2D eigenvalue weighted by Crippen LogP contribution is -2.31. The quantitative estimate of drug-likeness (QED) is 0.930. The van der Waals surface area contributed by atoms with Gasteiger partial charge in [-0.2, -0.15) is 0 Å². The maximum absolute atomic E-state index is 13.4. The third kappa shape index (κ3) is 3.22. The van der Waals surface area contributed by atoms with Gasteiger partial charge >= 0.3 is 0 Å². The van der Waals surface area contributed by atoms with Crippen LogP contribution < -0.4 is 10.6 Å². The Bertz CT molecular complexity index is 641. The fourth-order valence-corrected chi connectivity index (χ4v) is 2.61. The Morgan fingerprint density at radius 2 is 1.76 bits per heavy atom. The molecule has 0 saturated carbocycles. The molecule has 0 bridgehead atoms. The van der Waals surface area contributed by atoms with Crippen molar-refractivity contribution in [2.24, 2.45) is 5.73 Å². The van der Waals surface area contributed by atoms with E-state index in [1.807, 2.05) is 37.9 Å². The molecule has 0 aliphatic heterocycles. The summed E-state index contributed by atoms with van der Waals surface area (Å²) in [5, 5.41) is 0. The first-order chi connectivity index (χ1) is 9.93. The zero-order valence-electron chi connectivity index (χ0n) is 12.5. The normalized spacial score (nSPS) is 12.3. The minimum Gasteiger partial charge on any atom is -0.366 e. The summed E-state index contributed by atoms with van der Waals surface area (Å²) in [7, 11) is 1.91. The Hall–Kier alpha value is -1.94. The summed E-state index contributed by atoms with van der Waals surface area (Å²) >= 11 is 0. The van der Waals surface area contributed by atoms with E-state index in [1.165, 1.54) is 11.6 Å². The van der Waals surface area contributed by atoms with Crippen molar-refractivity contribution in [2.75, 3.05) is 18.5 Å². The molecule has 0 aliphatic rings. The maximum Gasteiger partial charge on any atom is 0.159 e. The van der Waals surface area contributed by atoms with Crippen LogP contribution in [0.5, 0.6) is 0 Å².